The molecule has 1 saturated heterocycles. The standard InChI is InChI=1S/C24H29N3O4/c1-17(2)13-26-24(30)19-12-23(29)27(15-19)20-8-10-21(11-9-20)31-16-22(28)25-14-18-6-4-3-5-7-18/h3-11,17,19H,12-16H2,1-2H3,(H,25,28)(H,26,30)/t19-/m0/s1. The van der Waals surface area contributed by atoms with Crippen LogP contribution in [0.3, 0.4) is 0 Å². The van der Waals surface area contributed by atoms with Gasteiger partial charge in [0, 0.05) is 31.7 Å². The highest BCUT2D eigenvalue weighted by Crippen LogP contribution is 2.27. The lowest BCUT2D eigenvalue weighted by atomic mass is 10.1. The van der Waals surface area contributed by atoms with E-state index in [1.165, 1.54) is 0 Å². The molecule has 3 rings (SSSR count). The molecule has 7 heteroatoms. The first-order valence-electron chi connectivity index (χ1n) is 10.5. The number of nitrogens with zero attached hydrogens (tertiary/aromatic N) is 1. The topological polar surface area (TPSA) is 87.7 Å². The first kappa shape index (κ1) is 22.3. The van der Waals surface area contributed by atoms with Gasteiger partial charge in [-0.3, -0.25) is 14.4 Å². The molecule has 2 N–H and O–H groups in total. The van der Waals surface area contributed by atoms with Crippen LogP contribution in [0.1, 0.15) is 25.8 Å². The molecule has 0 radical (unpaired) electrons. The summed E-state index contributed by atoms with van der Waals surface area (Å²) in [6.45, 7) is 5.39. The zero-order valence-electron chi connectivity index (χ0n) is 18.0. The number of benzene rings is 2. The summed E-state index contributed by atoms with van der Waals surface area (Å²) >= 11 is 0. The predicted octanol–water partition coefficient (Wildman–Crippen LogP) is 2.51. The van der Waals surface area contributed by atoms with Crippen LogP contribution in [-0.4, -0.2) is 37.4 Å². The molecule has 0 spiro atoms. The van der Waals surface area contributed by atoms with E-state index in [1.54, 1.807) is 29.2 Å². The van der Waals surface area contributed by atoms with Crippen molar-refractivity contribution in [1.29, 1.82) is 0 Å². The van der Waals surface area contributed by atoms with Gasteiger partial charge in [-0.1, -0.05) is 44.2 Å². The number of amides is 3. The zero-order valence-corrected chi connectivity index (χ0v) is 18.0. The van der Waals surface area contributed by atoms with Crippen molar-refractivity contribution in [3.05, 3.63) is 60.2 Å². The van der Waals surface area contributed by atoms with E-state index >= 15 is 0 Å². The van der Waals surface area contributed by atoms with E-state index in [-0.39, 0.29) is 36.7 Å². The van der Waals surface area contributed by atoms with Gasteiger partial charge in [0.2, 0.25) is 11.8 Å². The average molecular weight is 424 g/mol. The summed E-state index contributed by atoms with van der Waals surface area (Å²) in [5, 5.41) is 5.71. The fourth-order valence-corrected chi connectivity index (χ4v) is 3.30. The highest BCUT2D eigenvalue weighted by molar-refractivity contribution is 6.00. The van der Waals surface area contributed by atoms with Crippen molar-refractivity contribution < 1.29 is 19.1 Å². The molecule has 2 aromatic rings. The summed E-state index contributed by atoms with van der Waals surface area (Å²) in [5.74, 6) is 0.208. The van der Waals surface area contributed by atoms with Crippen LogP contribution >= 0.6 is 0 Å². The Morgan fingerprint density at radius 2 is 1.77 bits per heavy atom. The number of anilines is 1. The molecule has 31 heavy (non-hydrogen) atoms. The molecule has 0 saturated carbocycles. The maximum absolute atomic E-state index is 12.4. The molecule has 164 valence electrons. The summed E-state index contributed by atoms with van der Waals surface area (Å²) in [6.07, 6.45) is 0.212. The van der Waals surface area contributed by atoms with Crippen LogP contribution in [0.4, 0.5) is 5.69 Å². The molecule has 0 unspecified atom stereocenters. The van der Waals surface area contributed by atoms with Crippen molar-refractivity contribution in [1.82, 2.24) is 10.6 Å². The molecular weight excluding hydrogens is 394 g/mol. The number of carbonyl (C=O) groups excluding carboxylic acids is 3. The first-order valence-corrected chi connectivity index (χ1v) is 10.5. The average Bonchev–Trinajstić information content (AvgIpc) is 3.17. The Labute approximate surface area is 182 Å². The van der Waals surface area contributed by atoms with Gasteiger partial charge in [-0.2, -0.15) is 0 Å². The minimum absolute atomic E-state index is 0.0707. The quantitative estimate of drug-likeness (QED) is 0.649. The van der Waals surface area contributed by atoms with Crippen molar-refractivity contribution in [2.45, 2.75) is 26.8 Å². The van der Waals surface area contributed by atoms with Crippen molar-refractivity contribution in [3.8, 4) is 5.75 Å². The van der Waals surface area contributed by atoms with Gasteiger partial charge >= 0.3 is 0 Å². The molecule has 1 fully saturated rings. The molecule has 0 aliphatic carbocycles. The highest BCUT2D eigenvalue weighted by Gasteiger charge is 2.35. The molecule has 1 atom stereocenters. The second-order valence-corrected chi connectivity index (χ2v) is 8.09. The van der Waals surface area contributed by atoms with Crippen LogP contribution in [0, 0.1) is 11.8 Å². The molecule has 0 bridgehead atoms. The minimum Gasteiger partial charge on any atom is -0.484 e. The third-order valence-electron chi connectivity index (χ3n) is 5.03. The maximum Gasteiger partial charge on any atom is 0.258 e. The molecule has 7 nitrogen and oxygen atoms in total. The minimum atomic E-state index is -0.338. The predicted molar refractivity (Wildman–Crippen MR) is 119 cm³/mol. The Kier molecular flexibility index (Phi) is 7.65. The Hall–Kier alpha value is -3.35. The van der Waals surface area contributed by atoms with E-state index in [0.29, 0.717) is 37.0 Å². The van der Waals surface area contributed by atoms with Crippen LogP contribution in [-0.2, 0) is 20.9 Å². The molecule has 2 aromatic carbocycles. The molecule has 0 aromatic heterocycles. The summed E-state index contributed by atoms with van der Waals surface area (Å²) in [7, 11) is 0. The van der Waals surface area contributed by atoms with Gasteiger partial charge in [-0.25, -0.2) is 0 Å². The first-order chi connectivity index (χ1) is 14.9. The van der Waals surface area contributed by atoms with Gasteiger partial charge < -0.3 is 20.3 Å². The summed E-state index contributed by atoms with van der Waals surface area (Å²) in [6, 6.07) is 16.6. The maximum atomic E-state index is 12.4. The van der Waals surface area contributed by atoms with Crippen LogP contribution in [0.25, 0.3) is 0 Å². The normalized spacial score (nSPS) is 15.8. The van der Waals surface area contributed by atoms with E-state index in [0.717, 1.165) is 5.56 Å². The van der Waals surface area contributed by atoms with Crippen molar-refractivity contribution in [2.24, 2.45) is 11.8 Å². The van der Waals surface area contributed by atoms with Gasteiger partial charge in [-0.15, -0.1) is 0 Å². The Bertz CT molecular complexity index is 897. The monoisotopic (exact) mass is 423 g/mol. The van der Waals surface area contributed by atoms with Crippen molar-refractivity contribution >= 4 is 23.4 Å². The third-order valence-corrected chi connectivity index (χ3v) is 5.03. The number of hydrogen-bond acceptors (Lipinski definition) is 4. The lowest BCUT2D eigenvalue weighted by Gasteiger charge is -2.17. The van der Waals surface area contributed by atoms with E-state index in [4.69, 9.17) is 4.74 Å². The Morgan fingerprint density at radius 3 is 2.45 bits per heavy atom. The lowest BCUT2D eigenvalue weighted by molar-refractivity contribution is -0.126. The van der Waals surface area contributed by atoms with Crippen molar-refractivity contribution in [2.75, 3.05) is 24.6 Å². The van der Waals surface area contributed by atoms with Gasteiger partial charge in [0.1, 0.15) is 5.75 Å². The van der Waals surface area contributed by atoms with Gasteiger partial charge in [-0.05, 0) is 35.7 Å². The fraction of sp³-hybridized carbons (Fsp3) is 0.375. The third kappa shape index (κ3) is 6.57. The number of nitrogens with one attached hydrogen (secondary N) is 2. The molecule has 1 aliphatic heterocycles. The number of hydrogen-bond donors (Lipinski definition) is 2. The largest absolute Gasteiger partial charge is 0.484 e. The molecular formula is C24H29N3O4. The second-order valence-electron chi connectivity index (χ2n) is 8.09. The number of ether oxygens (including phenoxy) is 1. The van der Waals surface area contributed by atoms with Gasteiger partial charge in [0.15, 0.2) is 6.61 Å². The summed E-state index contributed by atoms with van der Waals surface area (Å²) in [4.78, 5) is 38.2. The molecule has 1 heterocycles. The number of carbonyl (C=O) groups is 3. The van der Waals surface area contributed by atoms with E-state index in [1.807, 2.05) is 44.2 Å². The fourth-order valence-electron chi connectivity index (χ4n) is 3.30. The smallest absolute Gasteiger partial charge is 0.258 e. The van der Waals surface area contributed by atoms with Gasteiger partial charge in [0.25, 0.3) is 5.91 Å². The summed E-state index contributed by atoms with van der Waals surface area (Å²) < 4.78 is 5.53. The lowest BCUT2D eigenvalue weighted by Crippen LogP contribution is -2.35. The highest BCUT2D eigenvalue weighted by atomic mass is 16.5. The zero-order chi connectivity index (χ0) is 22.2. The molecule has 3 amide bonds. The SMILES string of the molecule is CC(C)CNC(=O)[C@H]1CC(=O)N(c2ccc(OCC(=O)NCc3ccccc3)cc2)C1. The van der Waals surface area contributed by atoms with E-state index in [9.17, 15) is 14.4 Å². The van der Waals surface area contributed by atoms with Gasteiger partial charge in [0.05, 0.1) is 5.92 Å². The Morgan fingerprint density at radius 1 is 1.06 bits per heavy atom. The van der Waals surface area contributed by atoms with Crippen LogP contribution in [0.5, 0.6) is 5.75 Å². The van der Waals surface area contributed by atoms with E-state index < -0.39 is 0 Å². The summed E-state index contributed by atoms with van der Waals surface area (Å²) in [5.41, 5.74) is 1.73. The number of rotatable bonds is 9. The van der Waals surface area contributed by atoms with Crippen LogP contribution < -0.4 is 20.3 Å². The van der Waals surface area contributed by atoms with Crippen LogP contribution in [0.2, 0.25) is 0 Å². The second kappa shape index (κ2) is 10.6. The molecule has 1 aliphatic rings. The Balaban J connectivity index is 1.46. The van der Waals surface area contributed by atoms with E-state index in [2.05, 4.69) is 10.6 Å². The van der Waals surface area contributed by atoms with Crippen molar-refractivity contribution in [3.63, 3.8) is 0 Å². The van der Waals surface area contributed by atoms with Crippen LogP contribution in [0.15, 0.2) is 54.6 Å².